The van der Waals surface area contributed by atoms with Crippen LogP contribution in [0.3, 0.4) is 0 Å². The summed E-state index contributed by atoms with van der Waals surface area (Å²) in [6.45, 7) is 8.48. The van der Waals surface area contributed by atoms with Gasteiger partial charge in [0.05, 0.1) is 26.4 Å². The Labute approximate surface area is 176 Å². The molecule has 1 saturated heterocycles. The Morgan fingerprint density at radius 3 is 2.83 bits per heavy atom. The van der Waals surface area contributed by atoms with Crippen molar-refractivity contribution in [1.29, 1.82) is 0 Å². The molecule has 8 heteroatoms. The van der Waals surface area contributed by atoms with Crippen molar-refractivity contribution in [2.75, 3.05) is 25.1 Å². The van der Waals surface area contributed by atoms with Gasteiger partial charge in [0.15, 0.2) is 5.82 Å². The molecule has 0 atom stereocenters. The molecule has 2 heterocycles. The predicted octanol–water partition coefficient (Wildman–Crippen LogP) is 4.66. The Hall–Kier alpha value is -2.25. The van der Waals surface area contributed by atoms with Crippen molar-refractivity contribution in [3.05, 3.63) is 40.5 Å². The maximum absolute atomic E-state index is 12.1. The van der Waals surface area contributed by atoms with E-state index in [1.807, 2.05) is 31.2 Å². The second-order valence-electron chi connectivity index (χ2n) is 7.63. The average Bonchev–Trinajstić information content (AvgIpc) is 3.00. The van der Waals surface area contributed by atoms with Crippen LogP contribution in [-0.4, -0.2) is 41.8 Å². The van der Waals surface area contributed by atoms with E-state index < -0.39 is 6.09 Å². The summed E-state index contributed by atoms with van der Waals surface area (Å²) < 4.78 is 18.4. The third kappa shape index (κ3) is 6.37. The van der Waals surface area contributed by atoms with Gasteiger partial charge < -0.3 is 14.2 Å². The predicted molar refractivity (Wildman–Crippen MR) is 112 cm³/mol. The fourth-order valence-electron chi connectivity index (χ4n) is 3.04. The normalized spacial score (nSPS) is 14.8. The van der Waals surface area contributed by atoms with E-state index in [0.29, 0.717) is 43.1 Å². The maximum atomic E-state index is 12.1. The highest BCUT2D eigenvalue weighted by Gasteiger charge is 2.19. The van der Waals surface area contributed by atoms with Crippen LogP contribution in [-0.2, 0) is 16.0 Å². The number of halogens is 1. The van der Waals surface area contributed by atoms with Crippen LogP contribution in [0.15, 0.2) is 24.3 Å². The van der Waals surface area contributed by atoms with Crippen LogP contribution in [0, 0.1) is 12.8 Å². The summed E-state index contributed by atoms with van der Waals surface area (Å²) in [4.78, 5) is 12.1. The molecule has 7 nitrogen and oxygen atoms in total. The molecule has 1 amide bonds. The van der Waals surface area contributed by atoms with Gasteiger partial charge in [-0.3, -0.25) is 10.00 Å². The standard InChI is InChI=1S/C21H28ClN3O4/c1-14(2)13-28-19-5-4-17(22)11-16(19)12-25-15(3)10-20(24-25)23-21(26)29-18-6-8-27-9-7-18/h4-5,10-11,14,18H,6-9,12-13H2,1-3H3,(H,23,24,26). The molecule has 29 heavy (non-hydrogen) atoms. The van der Waals surface area contributed by atoms with E-state index >= 15 is 0 Å². The molecule has 2 aromatic rings. The van der Waals surface area contributed by atoms with Gasteiger partial charge in [0, 0.05) is 35.2 Å². The summed E-state index contributed by atoms with van der Waals surface area (Å²) in [5.41, 5.74) is 1.84. The van der Waals surface area contributed by atoms with E-state index in [0.717, 1.165) is 29.8 Å². The quantitative estimate of drug-likeness (QED) is 0.703. The summed E-state index contributed by atoms with van der Waals surface area (Å²) in [5.74, 6) is 1.65. The molecular weight excluding hydrogens is 394 g/mol. The van der Waals surface area contributed by atoms with Gasteiger partial charge in [-0.15, -0.1) is 0 Å². The van der Waals surface area contributed by atoms with E-state index in [1.54, 1.807) is 4.68 Å². The number of nitrogens with one attached hydrogen (secondary N) is 1. The van der Waals surface area contributed by atoms with Gasteiger partial charge in [0.1, 0.15) is 11.9 Å². The van der Waals surface area contributed by atoms with Crippen molar-refractivity contribution in [1.82, 2.24) is 9.78 Å². The highest BCUT2D eigenvalue weighted by molar-refractivity contribution is 6.30. The van der Waals surface area contributed by atoms with E-state index in [-0.39, 0.29) is 6.10 Å². The lowest BCUT2D eigenvalue weighted by atomic mass is 10.2. The molecule has 0 bridgehead atoms. The zero-order chi connectivity index (χ0) is 20.8. The lowest BCUT2D eigenvalue weighted by Gasteiger charge is -2.21. The van der Waals surface area contributed by atoms with Gasteiger partial charge in [0.2, 0.25) is 0 Å². The van der Waals surface area contributed by atoms with Gasteiger partial charge in [-0.2, -0.15) is 5.10 Å². The zero-order valence-electron chi connectivity index (χ0n) is 17.1. The molecule has 0 unspecified atom stereocenters. The topological polar surface area (TPSA) is 74.6 Å². The number of nitrogens with zero attached hydrogens (tertiary/aromatic N) is 2. The number of ether oxygens (including phenoxy) is 3. The second kappa shape index (κ2) is 9.98. The van der Waals surface area contributed by atoms with Crippen molar-refractivity contribution in [3.63, 3.8) is 0 Å². The molecule has 3 rings (SSSR count). The molecule has 0 aliphatic carbocycles. The first-order valence-electron chi connectivity index (χ1n) is 9.91. The van der Waals surface area contributed by atoms with E-state index in [2.05, 4.69) is 24.3 Å². The number of amides is 1. The number of rotatable bonds is 7. The average molecular weight is 422 g/mol. The number of aromatic nitrogens is 2. The van der Waals surface area contributed by atoms with E-state index in [1.165, 1.54) is 0 Å². The molecule has 1 aliphatic heterocycles. The van der Waals surface area contributed by atoms with Crippen LogP contribution in [0.2, 0.25) is 5.02 Å². The summed E-state index contributed by atoms with van der Waals surface area (Å²) in [6, 6.07) is 7.38. The lowest BCUT2D eigenvalue weighted by molar-refractivity contribution is 0.00590. The summed E-state index contributed by atoms with van der Waals surface area (Å²) in [7, 11) is 0. The maximum Gasteiger partial charge on any atom is 0.413 e. The fraction of sp³-hybridized carbons (Fsp3) is 0.524. The molecule has 1 aromatic carbocycles. The second-order valence-corrected chi connectivity index (χ2v) is 8.06. The van der Waals surface area contributed by atoms with Crippen molar-refractivity contribution in [2.24, 2.45) is 5.92 Å². The minimum absolute atomic E-state index is 0.112. The minimum atomic E-state index is -0.495. The van der Waals surface area contributed by atoms with Crippen molar-refractivity contribution in [3.8, 4) is 5.75 Å². The Kier molecular flexibility index (Phi) is 7.39. The number of carbonyl (C=O) groups excluding carboxylic acids is 1. The van der Waals surface area contributed by atoms with Crippen molar-refractivity contribution in [2.45, 2.75) is 46.3 Å². The number of hydrogen-bond acceptors (Lipinski definition) is 5. The number of anilines is 1. The third-order valence-electron chi connectivity index (χ3n) is 4.57. The van der Waals surface area contributed by atoms with E-state index in [9.17, 15) is 4.79 Å². The SMILES string of the molecule is Cc1cc(NC(=O)OC2CCOCC2)nn1Cc1cc(Cl)ccc1OCC(C)C. The van der Waals surface area contributed by atoms with Crippen molar-refractivity contribution >= 4 is 23.5 Å². The lowest BCUT2D eigenvalue weighted by Crippen LogP contribution is -2.28. The fourth-order valence-corrected chi connectivity index (χ4v) is 3.24. The van der Waals surface area contributed by atoms with Gasteiger partial charge in [-0.05, 0) is 31.0 Å². The van der Waals surface area contributed by atoms with Gasteiger partial charge in [-0.1, -0.05) is 25.4 Å². The number of carbonyl (C=O) groups is 1. The highest BCUT2D eigenvalue weighted by Crippen LogP contribution is 2.25. The monoisotopic (exact) mass is 421 g/mol. The van der Waals surface area contributed by atoms with Crippen LogP contribution in [0.25, 0.3) is 0 Å². The zero-order valence-corrected chi connectivity index (χ0v) is 17.9. The molecule has 0 saturated carbocycles. The first kappa shape index (κ1) is 21.5. The number of aryl methyl sites for hydroxylation is 1. The molecule has 1 fully saturated rings. The van der Waals surface area contributed by atoms with Crippen LogP contribution >= 0.6 is 11.6 Å². The number of hydrogen-bond donors (Lipinski definition) is 1. The van der Waals surface area contributed by atoms with Crippen molar-refractivity contribution < 1.29 is 19.0 Å². The summed E-state index contributed by atoms with van der Waals surface area (Å²) in [6.07, 6.45) is 0.827. The molecular formula is C21H28ClN3O4. The molecule has 0 radical (unpaired) electrons. The van der Waals surface area contributed by atoms with Gasteiger partial charge in [-0.25, -0.2) is 4.79 Å². The minimum Gasteiger partial charge on any atom is -0.493 e. The van der Waals surface area contributed by atoms with Gasteiger partial charge >= 0.3 is 6.09 Å². The Morgan fingerprint density at radius 1 is 1.34 bits per heavy atom. The van der Waals surface area contributed by atoms with Crippen LogP contribution in [0.4, 0.5) is 10.6 Å². The summed E-state index contributed by atoms with van der Waals surface area (Å²) >= 11 is 6.18. The third-order valence-corrected chi connectivity index (χ3v) is 4.80. The largest absolute Gasteiger partial charge is 0.493 e. The van der Waals surface area contributed by atoms with E-state index in [4.69, 9.17) is 25.8 Å². The smallest absolute Gasteiger partial charge is 0.413 e. The molecule has 1 aromatic heterocycles. The Morgan fingerprint density at radius 2 is 2.10 bits per heavy atom. The Bertz CT molecular complexity index is 831. The first-order chi connectivity index (χ1) is 13.9. The number of benzene rings is 1. The van der Waals surface area contributed by atoms with Crippen LogP contribution < -0.4 is 10.1 Å². The molecule has 1 aliphatic rings. The Balaban J connectivity index is 1.65. The summed E-state index contributed by atoms with van der Waals surface area (Å²) in [5, 5.41) is 7.84. The molecule has 0 spiro atoms. The van der Waals surface area contributed by atoms with Crippen LogP contribution in [0.5, 0.6) is 5.75 Å². The van der Waals surface area contributed by atoms with Crippen LogP contribution in [0.1, 0.15) is 37.9 Å². The molecule has 1 N–H and O–H groups in total. The first-order valence-corrected chi connectivity index (χ1v) is 10.3. The molecule has 158 valence electrons. The van der Waals surface area contributed by atoms with Gasteiger partial charge in [0.25, 0.3) is 0 Å². The highest BCUT2D eigenvalue weighted by atomic mass is 35.5.